The minimum absolute atomic E-state index is 0.0555. The minimum Gasteiger partial charge on any atom is -0.497 e. The fourth-order valence-electron chi connectivity index (χ4n) is 6.15. The lowest BCUT2D eigenvalue weighted by Crippen LogP contribution is -2.58. The van der Waals surface area contributed by atoms with Crippen molar-refractivity contribution in [2.75, 3.05) is 40.0 Å². The quantitative estimate of drug-likeness (QED) is 0.273. The number of methoxy groups -OCH3 is 1. The molecule has 2 heterocycles. The van der Waals surface area contributed by atoms with E-state index in [0.29, 0.717) is 38.2 Å². The van der Waals surface area contributed by atoms with E-state index in [2.05, 4.69) is 0 Å². The molecule has 11 nitrogen and oxygen atoms in total. The molecule has 2 aliphatic rings. The molecule has 43 heavy (non-hydrogen) atoms. The number of fused-ring (bicyclic) bond motifs is 1. The van der Waals surface area contributed by atoms with Crippen molar-refractivity contribution in [2.24, 2.45) is 17.1 Å². The van der Waals surface area contributed by atoms with Crippen LogP contribution in [0.25, 0.3) is 0 Å². The second kappa shape index (κ2) is 14.4. The second-order valence-electron chi connectivity index (χ2n) is 12.1. The highest BCUT2D eigenvalue weighted by atomic mass is 32.2. The number of benzene rings is 2. The Balaban J connectivity index is 1.70. The van der Waals surface area contributed by atoms with Gasteiger partial charge in [-0.05, 0) is 67.5 Å². The van der Waals surface area contributed by atoms with Crippen LogP contribution in [0.5, 0.6) is 5.75 Å². The standard InChI is InChI=1S/C31H45N3O8S/c1-31(2,15-7-16-32)21-33(43(38,39)24-12-10-23(40-3)11-13-24)19-28(35)26(18-22-8-5-4-6-9-22)34(30(36)37)27-20-42-29-25(27)14-17-41-29/h4-6,8-13,25-29,35H,7,14-21,32H2,1-3H3,(H,36,37)/t25-,26-,27-,28+,29+/m0/s1. The van der Waals surface area contributed by atoms with E-state index in [-0.39, 0.29) is 36.9 Å². The van der Waals surface area contributed by atoms with Crippen molar-refractivity contribution >= 4 is 16.1 Å². The highest BCUT2D eigenvalue weighted by Gasteiger charge is 2.49. The number of aliphatic hydroxyl groups excluding tert-OH is 1. The summed E-state index contributed by atoms with van der Waals surface area (Å²) in [6, 6.07) is 13.9. The Kier molecular flexibility index (Phi) is 11.1. The van der Waals surface area contributed by atoms with Crippen LogP contribution < -0.4 is 10.5 Å². The molecule has 0 unspecified atom stereocenters. The molecule has 12 heteroatoms. The molecule has 0 spiro atoms. The lowest BCUT2D eigenvalue weighted by atomic mass is 9.87. The number of hydrogen-bond donors (Lipinski definition) is 3. The van der Waals surface area contributed by atoms with Crippen LogP contribution >= 0.6 is 0 Å². The molecule has 2 aromatic carbocycles. The van der Waals surface area contributed by atoms with Crippen LogP contribution in [0, 0.1) is 11.3 Å². The largest absolute Gasteiger partial charge is 0.497 e. The van der Waals surface area contributed by atoms with Crippen molar-refractivity contribution in [1.82, 2.24) is 9.21 Å². The lowest BCUT2D eigenvalue weighted by Gasteiger charge is -2.40. The van der Waals surface area contributed by atoms with Crippen LogP contribution in [0.15, 0.2) is 59.5 Å². The average molecular weight is 620 g/mol. The van der Waals surface area contributed by atoms with Crippen LogP contribution in [0.2, 0.25) is 0 Å². The van der Waals surface area contributed by atoms with Crippen molar-refractivity contribution in [1.29, 1.82) is 0 Å². The van der Waals surface area contributed by atoms with Gasteiger partial charge in [0, 0.05) is 19.0 Å². The lowest BCUT2D eigenvalue weighted by molar-refractivity contribution is -0.0906. The second-order valence-corrected chi connectivity index (χ2v) is 14.1. The Labute approximate surface area is 254 Å². The number of nitrogens with two attached hydrogens (primary N) is 1. The van der Waals surface area contributed by atoms with Crippen molar-refractivity contribution in [3.05, 3.63) is 60.2 Å². The van der Waals surface area contributed by atoms with E-state index in [4.69, 9.17) is 19.9 Å². The fourth-order valence-corrected chi connectivity index (χ4v) is 7.79. The monoisotopic (exact) mass is 619 g/mol. The third-order valence-corrected chi connectivity index (χ3v) is 10.3. The van der Waals surface area contributed by atoms with E-state index < -0.39 is 46.0 Å². The summed E-state index contributed by atoms with van der Waals surface area (Å²) in [6.07, 6.45) is -0.828. The van der Waals surface area contributed by atoms with Crippen molar-refractivity contribution in [3.8, 4) is 5.75 Å². The Morgan fingerprint density at radius 3 is 2.47 bits per heavy atom. The summed E-state index contributed by atoms with van der Waals surface area (Å²) in [4.78, 5) is 14.2. The van der Waals surface area contributed by atoms with Gasteiger partial charge in [-0.25, -0.2) is 13.2 Å². The minimum atomic E-state index is -4.09. The molecule has 2 aliphatic heterocycles. The summed E-state index contributed by atoms with van der Waals surface area (Å²) in [7, 11) is -2.59. The first-order valence-corrected chi connectivity index (χ1v) is 16.2. The molecule has 4 rings (SSSR count). The Morgan fingerprint density at radius 2 is 1.84 bits per heavy atom. The number of amides is 1. The maximum Gasteiger partial charge on any atom is 0.407 e. The maximum atomic E-state index is 14.1. The summed E-state index contributed by atoms with van der Waals surface area (Å²) >= 11 is 0. The third kappa shape index (κ3) is 8.05. The molecule has 0 aromatic heterocycles. The molecule has 0 saturated carbocycles. The van der Waals surface area contributed by atoms with Gasteiger partial charge in [0.05, 0.1) is 43.4 Å². The van der Waals surface area contributed by atoms with Gasteiger partial charge in [-0.3, -0.25) is 4.90 Å². The van der Waals surface area contributed by atoms with Gasteiger partial charge in [0.1, 0.15) is 5.75 Å². The number of hydrogen-bond acceptors (Lipinski definition) is 8. The molecule has 238 valence electrons. The molecule has 0 aliphatic carbocycles. The SMILES string of the molecule is COc1ccc(S(=O)(=O)N(C[C@@H](O)[C@H](Cc2ccccc2)N(C(=O)O)[C@H]2CO[C@H]3OCC[C@H]32)CC(C)(C)CCCN)cc1. The summed E-state index contributed by atoms with van der Waals surface area (Å²) in [5.41, 5.74) is 6.12. The smallest absolute Gasteiger partial charge is 0.407 e. The van der Waals surface area contributed by atoms with Gasteiger partial charge in [0.2, 0.25) is 10.0 Å². The van der Waals surface area contributed by atoms with E-state index in [1.165, 1.54) is 28.4 Å². The number of sulfonamides is 1. The van der Waals surface area contributed by atoms with Gasteiger partial charge < -0.3 is 30.2 Å². The molecular weight excluding hydrogens is 574 g/mol. The number of nitrogens with zero attached hydrogens (tertiary/aromatic N) is 2. The highest BCUT2D eigenvalue weighted by molar-refractivity contribution is 7.89. The zero-order chi connectivity index (χ0) is 31.2. The third-order valence-electron chi connectivity index (χ3n) is 8.43. The Hall–Kier alpha value is -2.74. The van der Waals surface area contributed by atoms with Crippen molar-refractivity contribution < 1.29 is 37.6 Å². The van der Waals surface area contributed by atoms with Crippen LogP contribution in [0.1, 0.15) is 38.7 Å². The molecular formula is C31H45N3O8S. The number of aliphatic hydroxyl groups is 1. The van der Waals surface area contributed by atoms with E-state index in [1.54, 1.807) is 12.1 Å². The van der Waals surface area contributed by atoms with Crippen LogP contribution in [-0.2, 0) is 25.9 Å². The zero-order valence-electron chi connectivity index (χ0n) is 25.2. The summed E-state index contributed by atoms with van der Waals surface area (Å²) in [6.45, 7) is 4.81. The Morgan fingerprint density at radius 1 is 1.14 bits per heavy atom. The summed E-state index contributed by atoms with van der Waals surface area (Å²) in [5.74, 6) is 0.345. The molecule has 4 N–H and O–H groups in total. The van der Waals surface area contributed by atoms with Crippen LogP contribution in [0.4, 0.5) is 4.79 Å². The van der Waals surface area contributed by atoms with Crippen LogP contribution in [0.3, 0.4) is 0 Å². The molecule has 2 fully saturated rings. The molecule has 0 radical (unpaired) electrons. The van der Waals surface area contributed by atoms with E-state index in [9.17, 15) is 23.4 Å². The zero-order valence-corrected chi connectivity index (χ0v) is 26.0. The van der Waals surface area contributed by atoms with E-state index in [1.807, 2.05) is 44.2 Å². The molecule has 5 atom stereocenters. The van der Waals surface area contributed by atoms with Gasteiger partial charge in [0.25, 0.3) is 0 Å². The predicted octanol–water partition coefficient (Wildman–Crippen LogP) is 3.16. The number of carbonyl (C=O) groups is 1. The van der Waals surface area contributed by atoms with Gasteiger partial charge in [0.15, 0.2) is 6.29 Å². The molecule has 0 bridgehead atoms. The summed E-state index contributed by atoms with van der Waals surface area (Å²) < 4.78 is 46.1. The number of carboxylic acid groups (broad SMARTS) is 1. The van der Waals surface area contributed by atoms with Crippen molar-refractivity contribution in [3.63, 3.8) is 0 Å². The van der Waals surface area contributed by atoms with Gasteiger partial charge >= 0.3 is 6.09 Å². The Bertz CT molecular complexity index is 1290. The topological polar surface area (TPSA) is 152 Å². The first kappa shape index (κ1) is 33.2. The first-order valence-electron chi connectivity index (χ1n) is 14.8. The highest BCUT2D eigenvalue weighted by Crippen LogP contribution is 2.36. The molecule has 1 amide bonds. The van der Waals surface area contributed by atoms with Gasteiger partial charge in [-0.2, -0.15) is 4.31 Å². The maximum absolute atomic E-state index is 14.1. The van der Waals surface area contributed by atoms with Crippen LogP contribution in [-0.4, -0.2) is 98.4 Å². The normalized spacial score (nSPS) is 21.9. The van der Waals surface area contributed by atoms with E-state index in [0.717, 1.165) is 5.56 Å². The number of ether oxygens (including phenoxy) is 3. The fraction of sp³-hybridized carbons (Fsp3) is 0.581. The summed E-state index contributed by atoms with van der Waals surface area (Å²) in [5, 5.41) is 22.4. The van der Waals surface area contributed by atoms with Gasteiger partial charge in [-0.15, -0.1) is 0 Å². The van der Waals surface area contributed by atoms with E-state index >= 15 is 0 Å². The predicted molar refractivity (Wildman–Crippen MR) is 161 cm³/mol. The first-order chi connectivity index (χ1) is 20.5. The average Bonchev–Trinajstić information content (AvgIpc) is 3.61. The number of rotatable bonds is 15. The van der Waals surface area contributed by atoms with Crippen molar-refractivity contribution in [2.45, 2.75) is 68.9 Å². The molecule has 2 aromatic rings. The van der Waals surface area contributed by atoms with Gasteiger partial charge in [-0.1, -0.05) is 44.2 Å². The molecule has 2 saturated heterocycles.